The summed E-state index contributed by atoms with van der Waals surface area (Å²) >= 11 is 0. The molecule has 122 valence electrons. The quantitative estimate of drug-likeness (QED) is 0.798. The molecule has 0 N–H and O–H groups in total. The summed E-state index contributed by atoms with van der Waals surface area (Å²) in [5, 5.41) is 0. The molecule has 0 amide bonds. The van der Waals surface area contributed by atoms with E-state index in [-0.39, 0.29) is 23.8 Å². The van der Waals surface area contributed by atoms with E-state index in [9.17, 15) is 9.59 Å². The molecule has 4 nitrogen and oxygen atoms in total. The Hall–Kier alpha value is -2.62. The first-order valence-electron chi connectivity index (χ1n) is 8.02. The molecule has 24 heavy (non-hydrogen) atoms. The first kappa shape index (κ1) is 14.9. The molecular weight excluding hydrogens is 304 g/mol. The minimum absolute atomic E-state index is 0.182. The van der Waals surface area contributed by atoms with E-state index in [1.807, 2.05) is 48.5 Å². The molecule has 0 aromatic heterocycles. The highest BCUT2D eigenvalue weighted by Gasteiger charge is 2.56. The maximum absolute atomic E-state index is 12.6. The van der Waals surface area contributed by atoms with Crippen molar-refractivity contribution in [2.75, 3.05) is 14.2 Å². The third-order valence-electron chi connectivity index (χ3n) is 5.38. The summed E-state index contributed by atoms with van der Waals surface area (Å²) in [5.74, 6) is -2.19. The standard InChI is InChI=1S/C20H18O4/c1-23-19(21)17-15-11-7-3-5-9-13(11)16(18(17)20(22)24-2)14-10-6-4-8-12(14)15/h3-10,15-18H,1-2H3/t15?,16?,17-,18+. The van der Waals surface area contributed by atoms with Crippen molar-refractivity contribution in [3.8, 4) is 0 Å². The first-order valence-corrected chi connectivity index (χ1v) is 8.02. The fraction of sp³-hybridized carbons (Fsp3) is 0.300. The summed E-state index contributed by atoms with van der Waals surface area (Å²) in [6.07, 6.45) is 0. The van der Waals surface area contributed by atoms with E-state index >= 15 is 0 Å². The van der Waals surface area contributed by atoms with Crippen LogP contribution >= 0.6 is 0 Å². The van der Waals surface area contributed by atoms with Crippen LogP contribution in [0.5, 0.6) is 0 Å². The summed E-state index contributed by atoms with van der Waals surface area (Å²) < 4.78 is 10.1. The molecule has 2 aromatic rings. The van der Waals surface area contributed by atoms with Crippen LogP contribution in [0.1, 0.15) is 34.1 Å². The lowest BCUT2D eigenvalue weighted by Gasteiger charge is -2.48. The number of rotatable bonds is 2. The smallest absolute Gasteiger partial charge is 0.310 e. The van der Waals surface area contributed by atoms with Gasteiger partial charge in [-0.2, -0.15) is 0 Å². The molecule has 5 rings (SSSR count). The zero-order valence-corrected chi connectivity index (χ0v) is 13.6. The maximum atomic E-state index is 12.6. The molecule has 3 aliphatic rings. The third-order valence-corrected chi connectivity index (χ3v) is 5.38. The third kappa shape index (κ3) is 1.86. The van der Waals surface area contributed by atoms with E-state index in [2.05, 4.69) is 0 Å². The SMILES string of the molecule is COC(=O)[C@@H]1C2c3ccccc3C(c3ccccc32)[C@@H]1C(=O)OC. The van der Waals surface area contributed by atoms with Crippen LogP contribution in [0.4, 0.5) is 0 Å². The molecule has 0 spiro atoms. The second-order valence-corrected chi connectivity index (χ2v) is 6.31. The molecule has 0 fully saturated rings. The van der Waals surface area contributed by atoms with Crippen LogP contribution in [-0.4, -0.2) is 26.2 Å². The molecule has 2 aromatic carbocycles. The average molecular weight is 322 g/mol. The summed E-state index contributed by atoms with van der Waals surface area (Å²) in [5.41, 5.74) is 4.43. The van der Waals surface area contributed by atoms with Crippen LogP contribution in [0.3, 0.4) is 0 Å². The highest BCUT2D eigenvalue weighted by molar-refractivity contribution is 5.87. The van der Waals surface area contributed by atoms with Gasteiger partial charge in [0, 0.05) is 11.8 Å². The molecular formula is C20H18O4. The van der Waals surface area contributed by atoms with Gasteiger partial charge in [0.1, 0.15) is 0 Å². The van der Waals surface area contributed by atoms with E-state index in [1.54, 1.807) is 0 Å². The summed E-state index contributed by atoms with van der Waals surface area (Å²) in [6, 6.07) is 16.1. The number of hydrogen-bond acceptors (Lipinski definition) is 4. The fourth-order valence-corrected chi connectivity index (χ4v) is 4.52. The number of benzene rings is 2. The van der Waals surface area contributed by atoms with Gasteiger partial charge in [-0.15, -0.1) is 0 Å². The second kappa shape index (κ2) is 5.48. The van der Waals surface area contributed by atoms with Gasteiger partial charge in [0.15, 0.2) is 0 Å². The van der Waals surface area contributed by atoms with E-state index in [0.717, 1.165) is 22.3 Å². The molecule has 2 bridgehead atoms. The Morgan fingerprint density at radius 2 is 0.958 bits per heavy atom. The minimum atomic E-state index is -0.558. The van der Waals surface area contributed by atoms with Crippen molar-refractivity contribution in [3.05, 3.63) is 70.8 Å². The molecule has 0 saturated heterocycles. The Kier molecular flexibility index (Phi) is 3.41. The Balaban J connectivity index is 2.02. The number of esters is 2. The van der Waals surface area contributed by atoms with Gasteiger partial charge in [0.05, 0.1) is 26.1 Å². The summed E-state index contributed by atoms with van der Waals surface area (Å²) in [4.78, 5) is 25.2. The first-order chi connectivity index (χ1) is 11.7. The average Bonchev–Trinajstić information content (AvgIpc) is 2.66. The van der Waals surface area contributed by atoms with Crippen LogP contribution in [0.15, 0.2) is 48.5 Å². The Labute approximate surface area is 140 Å². The topological polar surface area (TPSA) is 52.6 Å². The number of carbonyl (C=O) groups is 2. The van der Waals surface area contributed by atoms with Crippen LogP contribution in [0.25, 0.3) is 0 Å². The lowest BCUT2D eigenvalue weighted by atomic mass is 9.54. The van der Waals surface area contributed by atoms with Gasteiger partial charge in [-0.05, 0) is 22.3 Å². The molecule has 4 heteroatoms. The molecule has 0 radical (unpaired) electrons. The predicted octanol–water partition coefficient (Wildman–Crippen LogP) is 2.86. The molecule has 0 unspecified atom stereocenters. The van der Waals surface area contributed by atoms with Crippen molar-refractivity contribution in [2.24, 2.45) is 11.8 Å². The van der Waals surface area contributed by atoms with Gasteiger partial charge >= 0.3 is 11.9 Å². The Morgan fingerprint density at radius 3 is 1.21 bits per heavy atom. The Bertz CT molecular complexity index is 710. The Morgan fingerprint density at radius 1 is 0.667 bits per heavy atom. The normalized spacial score (nSPS) is 26.2. The van der Waals surface area contributed by atoms with Gasteiger partial charge in [0.2, 0.25) is 0 Å². The molecule has 0 heterocycles. The van der Waals surface area contributed by atoms with Crippen molar-refractivity contribution in [1.29, 1.82) is 0 Å². The van der Waals surface area contributed by atoms with Gasteiger partial charge < -0.3 is 9.47 Å². The van der Waals surface area contributed by atoms with E-state index < -0.39 is 11.8 Å². The van der Waals surface area contributed by atoms with Crippen molar-refractivity contribution < 1.29 is 19.1 Å². The minimum Gasteiger partial charge on any atom is -0.469 e. The van der Waals surface area contributed by atoms with Gasteiger partial charge in [-0.3, -0.25) is 9.59 Å². The van der Waals surface area contributed by atoms with Gasteiger partial charge in [0.25, 0.3) is 0 Å². The van der Waals surface area contributed by atoms with Gasteiger partial charge in [-0.1, -0.05) is 48.5 Å². The summed E-state index contributed by atoms with van der Waals surface area (Å²) in [7, 11) is 2.74. The number of methoxy groups -OCH3 is 2. The number of hydrogen-bond donors (Lipinski definition) is 0. The fourth-order valence-electron chi connectivity index (χ4n) is 4.52. The lowest BCUT2D eigenvalue weighted by molar-refractivity contribution is -0.160. The zero-order valence-electron chi connectivity index (χ0n) is 13.6. The highest BCUT2D eigenvalue weighted by Crippen LogP contribution is 2.58. The number of fused-ring (bicyclic) bond motifs is 1. The number of carbonyl (C=O) groups excluding carboxylic acids is 2. The summed E-state index contributed by atoms with van der Waals surface area (Å²) in [6.45, 7) is 0. The van der Waals surface area contributed by atoms with Crippen LogP contribution in [0.2, 0.25) is 0 Å². The van der Waals surface area contributed by atoms with Gasteiger partial charge in [-0.25, -0.2) is 0 Å². The maximum Gasteiger partial charge on any atom is 0.310 e. The lowest BCUT2D eigenvalue weighted by Crippen LogP contribution is -2.47. The highest BCUT2D eigenvalue weighted by atomic mass is 16.5. The van der Waals surface area contributed by atoms with Crippen molar-refractivity contribution in [3.63, 3.8) is 0 Å². The van der Waals surface area contributed by atoms with Crippen molar-refractivity contribution >= 4 is 11.9 Å². The van der Waals surface area contributed by atoms with Crippen molar-refractivity contribution in [1.82, 2.24) is 0 Å². The van der Waals surface area contributed by atoms with Crippen LogP contribution in [-0.2, 0) is 19.1 Å². The van der Waals surface area contributed by atoms with E-state index in [4.69, 9.17) is 9.47 Å². The molecule has 0 saturated carbocycles. The van der Waals surface area contributed by atoms with E-state index in [0.29, 0.717) is 0 Å². The largest absolute Gasteiger partial charge is 0.469 e. The molecule has 0 aliphatic heterocycles. The number of ether oxygens (including phenoxy) is 2. The molecule has 2 atom stereocenters. The van der Waals surface area contributed by atoms with Crippen LogP contribution in [0, 0.1) is 11.8 Å². The zero-order chi connectivity index (χ0) is 16.8. The molecule has 3 aliphatic carbocycles. The van der Waals surface area contributed by atoms with E-state index in [1.165, 1.54) is 14.2 Å². The van der Waals surface area contributed by atoms with Crippen LogP contribution < -0.4 is 0 Å². The predicted molar refractivity (Wildman–Crippen MR) is 87.6 cm³/mol. The monoisotopic (exact) mass is 322 g/mol. The van der Waals surface area contributed by atoms with Crippen molar-refractivity contribution in [2.45, 2.75) is 11.8 Å². The second-order valence-electron chi connectivity index (χ2n) is 6.31.